The van der Waals surface area contributed by atoms with Gasteiger partial charge in [-0.05, 0) is 38.5 Å². The molecule has 0 aliphatic rings. The second-order valence-electron chi connectivity index (χ2n) is 3.68. The summed E-state index contributed by atoms with van der Waals surface area (Å²) in [5.74, 6) is -0.499. The van der Waals surface area contributed by atoms with Crippen LogP contribution in [0.1, 0.15) is 25.0 Å². The second kappa shape index (κ2) is 3.00. The van der Waals surface area contributed by atoms with Gasteiger partial charge in [-0.1, -0.05) is 0 Å². The number of aryl methyl sites for hydroxylation is 1. The van der Waals surface area contributed by atoms with Crippen molar-refractivity contribution in [3.05, 3.63) is 29.1 Å². The van der Waals surface area contributed by atoms with E-state index >= 15 is 0 Å². The van der Waals surface area contributed by atoms with Crippen LogP contribution in [0.15, 0.2) is 12.1 Å². The van der Waals surface area contributed by atoms with Gasteiger partial charge in [-0.15, -0.1) is 0 Å². The Morgan fingerprint density at radius 3 is 2.31 bits per heavy atom. The molecular formula is C10H13FO2. The number of aliphatic hydroxyl groups is 1. The maximum absolute atomic E-state index is 13.3. The molecule has 0 radical (unpaired) electrons. The number of phenols is 1. The highest BCUT2D eigenvalue weighted by molar-refractivity contribution is 5.38. The molecule has 0 fully saturated rings. The van der Waals surface area contributed by atoms with E-state index in [-0.39, 0.29) is 11.3 Å². The predicted molar refractivity (Wildman–Crippen MR) is 48.0 cm³/mol. The third-order valence-corrected chi connectivity index (χ3v) is 1.94. The van der Waals surface area contributed by atoms with Gasteiger partial charge in [-0.3, -0.25) is 0 Å². The first-order valence-corrected chi connectivity index (χ1v) is 4.04. The molecule has 2 N–H and O–H groups in total. The summed E-state index contributed by atoms with van der Waals surface area (Å²) in [5, 5.41) is 18.8. The smallest absolute Gasteiger partial charge is 0.129 e. The molecule has 0 aliphatic carbocycles. The van der Waals surface area contributed by atoms with Crippen LogP contribution in [-0.2, 0) is 5.60 Å². The standard InChI is InChI=1S/C10H13FO2/c1-6-4-8(11)7(5-9(6)12)10(2,3)13/h4-5,12-13H,1-3H3. The van der Waals surface area contributed by atoms with Gasteiger partial charge in [-0.25, -0.2) is 4.39 Å². The molecule has 0 aromatic heterocycles. The molecule has 0 aliphatic heterocycles. The van der Waals surface area contributed by atoms with Gasteiger partial charge in [0, 0.05) is 5.56 Å². The van der Waals surface area contributed by atoms with E-state index in [4.69, 9.17) is 0 Å². The quantitative estimate of drug-likeness (QED) is 0.701. The van der Waals surface area contributed by atoms with Crippen LogP contribution in [-0.4, -0.2) is 10.2 Å². The Balaban J connectivity index is 3.32. The van der Waals surface area contributed by atoms with Crippen molar-refractivity contribution in [3.63, 3.8) is 0 Å². The highest BCUT2D eigenvalue weighted by Gasteiger charge is 2.21. The van der Waals surface area contributed by atoms with Crippen molar-refractivity contribution in [1.29, 1.82) is 0 Å². The molecule has 2 nitrogen and oxygen atoms in total. The fourth-order valence-electron chi connectivity index (χ4n) is 1.13. The monoisotopic (exact) mass is 184 g/mol. The predicted octanol–water partition coefficient (Wildman–Crippen LogP) is 2.07. The number of hydrogen-bond donors (Lipinski definition) is 2. The third-order valence-electron chi connectivity index (χ3n) is 1.94. The van der Waals surface area contributed by atoms with Crippen LogP contribution in [0.25, 0.3) is 0 Å². The van der Waals surface area contributed by atoms with E-state index in [1.54, 1.807) is 6.92 Å². The Morgan fingerprint density at radius 2 is 1.85 bits per heavy atom. The lowest BCUT2D eigenvalue weighted by molar-refractivity contribution is 0.0742. The zero-order valence-corrected chi connectivity index (χ0v) is 7.93. The number of hydrogen-bond acceptors (Lipinski definition) is 2. The first kappa shape index (κ1) is 9.99. The van der Waals surface area contributed by atoms with Gasteiger partial charge >= 0.3 is 0 Å². The lowest BCUT2D eigenvalue weighted by Crippen LogP contribution is -2.17. The van der Waals surface area contributed by atoms with E-state index in [9.17, 15) is 14.6 Å². The van der Waals surface area contributed by atoms with Crippen molar-refractivity contribution in [1.82, 2.24) is 0 Å². The minimum Gasteiger partial charge on any atom is -0.508 e. The van der Waals surface area contributed by atoms with Crippen LogP contribution in [0.4, 0.5) is 4.39 Å². The van der Waals surface area contributed by atoms with E-state index in [1.165, 1.54) is 26.0 Å². The van der Waals surface area contributed by atoms with Gasteiger partial charge in [-0.2, -0.15) is 0 Å². The first-order chi connectivity index (χ1) is 5.82. The molecule has 0 spiro atoms. The fraction of sp³-hybridized carbons (Fsp3) is 0.400. The summed E-state index contributed by atoms with van der Waals surface area (Å²) in [6.45, 7) is 4.55. The Morgan fingerprint density at radius 1 is 1.31 bits per heavy atom. The van der Waals surface area contributed by atoms with Crippen molar-refractivity contribution in [3.8, 4) is 5.75 Å². The van der Waals surface area contributed by atoms with Crippen molar-refractivity contribution < 1.29 is 14.6 Å². The van der Waals surface area contributed by atoms with Gasteiger partial charge in [0.25, 0.3) is 0 Å². The molecule has 1 rings (SSSR count). The first-order valence-electron chi connectivity index (χ1n) is 4.04. The average Bonchev–Trinajstić information content (AvgIpc) is 1.94. The van der Waals surface area contributed by atoms with Crippen molar-refractivity contribution in [2.75, 3.05) is 0 Å². The summed E-state index contributed by atoms with van der Waals surface area (Å²) in [4.78, 5) is 0. The van der Waals surface area contributed by atoms with Crippen LogP contribution >= 0.6 is 0 Å². The number of rotatable bonds is 1. The molecule has 13 heavy (non-hydrogen) atoms. The molecule has 0 unspecified atom stereocenters. The highest BCUT2D eigenvalue weighted by atomic mass is 19.1. The molecule has 1 aromatic carbocycles. The molecular weight excluding hydrogens is 171 g/mol. The number of aromatic hydroxyl groups is 1. The average molecular weight is 184 g/mol. The summed E-state index contributed by atoms with van der Waals surface area (Å²) in [7, 11) is 0. The van der Waals surface area contributed by atoms with Crippen LogP contribution in [0.5, 0.6) is 5.75 Å². The molecule has 0 saturated carbocycles. The van der Waals surface area contributed by atoms with Gasteiger partial charge in [0.1, 0.15) is 11.6 Å². The van der Waals surface area contributed by atoms with Crippen LogP contribution in [0, 0.1) is 12.7 Å². The van der Waals surface area contributed by atoms with Crippen LogP contribution in [0.2, 0.25) is 0 Å². The molecule has 3 heteroatoms. The molecule has 0 bridgehead atoms. The summed E-state index contributed by atoms with van der Waals surface area (Å²) in [5.41, 5.74) is -0.698. The largest absolute Gasteiger partial charge is 0.508 e. The van der Waals surface area contributed by atoms with E-state index in [0.29, 0.717) is 5.56 Å². The number of benzene rings is 1. The van der Waals surface area contributed by atoms with Gasteiger partial charge in [0.2, 0.25) is 0 Å². The molecule has 72 valence electrons. The molecule has 0 saturated heterocycles. The summed E-state index contributed by atoms with van der Waals surface area (Å²) in [6.07, 6.45) is 0. The highest BCUT2D eigenvalue weighted by Crippen LogP contribution is 2.28. The van der Waals surface area contributed by atoms with E-state index in [0.717, 1.165) is 0 Å². The molecule has 0 atom stereocenters. The van der Waals surface area contributed by atoms with Crippen LogP contribution < -0.4 is 0 Å². The zero-order valence-electron chi connectivity index (χ0n) is 7.93. The summed E-state index contributed by atoms with van der Waals surface area (Å²) < 4.78 is 13.3. The van der Waals surface area contributed by atoms with E-state index in [1.807, 2.05) is 0 Å². The Kier molecular flexibility index (Phi) is 2.30. The van der Waals surface area contributed by atoms with Crippen molar-refractivity contribution in [2.45, 2.75) is 26.4 Å². The maximum atomic E-state index is 13.3. The van der Waals surface area contributed by atoms with Crippen LogP contribution in [0.3, 0.4) is 0 Å². The normalized spacial score (nSPS) is 11.8. The fourth-order valence-corrected chi connectivity index (χ4v) is 1.13. The van der Waals surface area contributed by atoms with Gasteiger partial charge < -0.3 is 10.2 Å². The van der Waals surface area contributed by atoms with Crippen molar-refractivity contribution in [2.24, 2.45) is 0 Å². The lowest BCUT2D eigenvalue weighted by atomic mass is 9.96. The lowest BCUT2D eigenvalue weighted by Gasteiger charge is -2.19. The Hall–Kier alpha value is -1.09. The SMILES string of the molecule is Cc1cc(F)c(C(C)(C)O)cc1O. The number of phenolic OH excluding ortho intramolecular Hbond substituents is 1. The van der Waals surface area contributed by atoms with E-state index < -0.39 is 11.4 Å². The second-order valence-corrected chi connectivity index (χ2v) is 3.68. The third kappa shape index (κ3) is 1.98. The Labute approximate surface area is 76.6 Å². The number of halogens is 1. The topological polar surface area (TPSA) is 40.5 Å². The Bertz CT molecular complexity index is 326. The van der Waals surface area contributed by atoms with Gasteiger partial charge in [0.15, 0.2) is 0 Å². The minimum atomic E-state index is -1.27. The maximum Gasteiger partial charge on any atom is 0.129 e. The zero-order chi connectivity index (χ0) is 10.2. The van der Waals surface area contributed by atoms with Crippen molar-refractivity contribution >= 4 is 0 Å². The minimum absolute atomic E-state index is 0.00137. The molecule has 1 aromatic rings. The van der Waals surface area contributed by atoms with Gasteiger partial charge in [0.05, 0.1) is 5.60 Å². The summed E-state index contributed by atoms with van der Waals surface area (Å²) in [6, 6.07) is 2.47. The van der Waals surface area contributed by atoms with E-state index in [2.05, 4.69) is 0 Å². The molecule has 0 heterocycles. The summed E-state index contributed by atoms with van der Waals surface area (Å²) >= 11 is 0. The molecule has 0 amide bonds.